The van der Waals surface area contributed by atoms with Crippen LogP contribution in [0, 0.1) is 11.2 Å². The van der Waals surface area contributed by atoms with Gasteiger partial charge in [-0.3, -0.25) is 4.79 Å². The highest BCUT2D eigenvalue weighted by Crippen LogP contribution is 2.29. The first-order chi connectivity index (χ1) is 10.4. The molecule has 22 heavy (non-hydrogen) atoms. The van der Waals surface area contributed by atoms with Crippen LogP contribution in [0.4, 0.5) is 4.39 Å². The summed E-state index contributed by atoms with van der Waals surface area (Å²) in [5, 5.41) is 0.794. The van der Waals surface area contributed by atoms with Crippen molar-refractivity contribution < 1.29 is 13.6 Å². The number of nitrogens with two attached hydrogens (primary N) is 1. The van der Waals surface area contributed by atoms with Crippen LogP contribution in [0.3, 0.4) is 0 Å². The Morgan fingerprint density at radius 2 is 2.27 bits per heavy atom. The van der Waals surface area contributed by atoms with Crippen LogP contribution in [0.15, 0.2) is 28.9 Å². The average Bonchev–Trinajstić information content (AvgIpc) is 2.84. The van der Waals surface area contributed by atoms with Gasteiger partial charge in [0.05, 0.1) is 12.7 Å². The van der Waals surface area contributed by atoms with E-state index < -0.39 is 0 Å². The number of hydrogen-bond acceptors (Lipinski definition) is 3. The average molecular weight is 304 g/mol. The fourth-order valence-electron chi connectivity index (χ4n) is 3.06. The summed E-state index contributed by atoms with van der Waals surface area (Å²) in [5.74, 6) is -0.279. The molecule has 2 heterocycles. The van der Waals surface area contributed by atoms with Crippen LogP contribution in [-0.2, 0) is 11.2 Å². The first-order valence-electron chi connectivity index (χ1n) is 7.56. The third-order valence-corrected chi connectivity index (χ3v) is 4.62. The molecule has 1 unspecified atom stereocenters. The Balaban J connectivity index is 1.76. The lowest BCUT2D eigenvalue weighted by Gasteiger charge is -2.42. The number of furan rings is 1. The number of amides is 1. The van der Waals surface area contributed by atoms with Gasteiger partial charge in [0.15, 0.2) is 0 Å². The number of carbonyl (C=O) groups is 1. The summed E-state index contributed by atoms with van der Waals surface area (Å²) in [4.78, 5) is 14.4. The molecular formula is C17H21FN2O2. The van der Waals surface area contributed by atoms with Crippen molar-refractivity contribution in [3.8, 4) is 0 Å². The molecule has 5 heteroatoms. The van der Waals surface area contributed by atoms with E-state index in [9.17, 15) is 9.18 Å². The molecule has 1 amide bonds. The third kappa shape index (κ3) is 2.73. The van der Waals surface area contributed by atoms with E-state index in [1.807, 2.05) is 4.90 Å². The second-order valence-electron chi connectivity index (χ2n) is 6.78. The summed E-state index contributed by atoms with van der Waals surface area (Å²) in [5.41, 5.74) is 7.31. The van der Waals surface area contributed by atoms with Gasteiger partial charge in [-0.05, 0) is 24.0 Å². The van der Waals surface area contributed by atoms with Gasteiger partial charge in [0.1, 0.15) is 11.4 Å². The maximum Gasteiger partial charge on any atom is 0.227 e. The van der Waals surface area contributed by atoms with E-state index in [4.69, 9.17) is 10.2 Å². The number of benzene rings is 1. The molecule has 1 atom stereocenters. The van der Waals surface area contributed by atoms with Crippen LogP contribution in [0.2, 0.25) is 0 Å². The fourth-order valence-corrected chi connectivity index (χ4v) is 3.06. The van der Waals surface area contributed by atoms with Gasteiger partial charge in [0.25, 0.3) is 0 Å². The molecule has 118 valence electrons. The van der Waals surface area contributed by atoms with Crippen molar-refractivity contribution in [1.29, 1.82) is 0 Å². The largest absolute Gasteiger partial charge is 0.464 e. The maximum absolute atomic E-state index is 13.2. The van der Waals surface area contributed by atoms with E-state index in [1.54, 1.807) is 12.3 Å². The van der Waals surface area contributed by atoms with Gasteiger partial charge in [-0.15, -0.1) is 0 Å². The minimum Gasteiger partial charge on any atom is -0.464 e. The Hall–Kier alpha value is -1.88. The van der Waals surface area contributed by atoms with Gasteiger partial charge < -0.3 is 15.1 Å². The van der Waals surface area contributed by atoms with Crippen molar-refractivity contribution in [3.63, 3.8) is 0 Å². The molecule has 0 radical (unpaired) electrons. The molecule has 2 aromatic rings. The smallest absolute Gasteiger partial charge is 0.227 e. The zero-order valence-corrected chi connectivity index (χ0v) is 12.9. The zero-order valence-electron chi connectivity index (χ0n) is 12.9. The van der Waals surface area contributed by atoms with Gasteiger partial charge >= 0.3 is 0 Å². The van der Waals surface area contributed by atoms with Crippen molar-refractivity contribution in [2.45, 2.75) is 32.7 Å². The second kappa shape index (κ2) is 5.39. The molecule has 2 N–H and O–H groups in total. The topological polar surface area (TPSA) is 59.5 Å². The summed E-state index contributed by atoms with van der Waals surface area (Å²) in [6, 6.07) is 4.50. The molecule has 1 aromatic carbocycles. The van der Waals surface area contributed by atoms with Crippen LogP contribution in [-0.4, -0.2) is 29.9 Å². The summed E-state index contributed by atoms with van der Waals surface area (Å²) < 4.78 is 18.5. The number of fused-ring (bicyclic) bond motifs is 1. The highest BCUT2D eigenvalue weighted by molar-refractivity contribution is 5.87. The van der Waals surface area contributed by atoms with Crippen molar-refractivity contribution in [2.24, 2.45) is 11.1 Å². The molecule has 0 aliphatic carbocycles. The van der Waals surface area contributed by atoms with Crippen LogP contribution in [0.1, 0.15) is 25.8 Å². The maximum atomic E-state index is 13.2. The lowest BCUT2D eigenvalue weighted by molar-refractivity contribution is -0.133. The Labute approximate surface area is 129 Å². The molecule has 1 saturated heterocycles. The molecule has 3 rings (SSSR count). The van der Waals surface area contributed by atoms with Crippen LogP contribution >= 0.6 is 0 Å². The third-order valence-electron chi connectivity index (χ3n) is 4.62. The number of hydrogen-bond donors (Lipinski definition) is 1. The van der Waals surface area contributed by atoms with Crippen molar-refractivity contribution in [1.82, 2.24) is 4.90 Å². The lowest BCUT2D eigenvalue weighted by atomic mass is 9.79. The minimum atomic E-state index is -0.341. The predicted octanol–water partition coefficient (Wildman–Crippen LogP) is 2.70. The number of rotatable bonds is 2. The van der Waals surface area contributed by atoms with Gasteiger partial charge in [0.2, 0.25) is 5.91 Å². The van der Waals surface area contributed by atoms with E-state index in [2.05, 4.69) is 13.8 Å². The van der Waals surface area contributed by atoms with Gasteiger partial charge in [-0.1, -0.05) is 13.8 Å². The molecule has 0 spiro atoms. The molecule has 4 nitrogen and oxygen atoms in total. The molecular weight excluding hydrogens is 283 g/mol. The van der Waals surface area contributed by atoms with E-state index in [0.29, 0.717) is 18.7 Å². The van der Waals surface area contributed by atoms with E-state index in [0.717, 1.165) is 17.4 Å². The number of halogens is 1. The lowest BCUT2D eigenvalue weighted by Crippen LogP contribution is -2.54. The summed E-state index contributed by atoms with van der Waals surface area (Å²) in [7, 11) is 0. The van der Waals surface area contributed by atoms with E-state index in [1.165, 1.54) is 12.1 Å². The number of carbonyl (C=O) groups excluding carboxylic acids is 1. The van der Waals surface area contributed by atoms with Gasteiger partial charge in [-0.2, -0.15) is 0 Å². The standard InChI is InChI=1S/C17H21FN2O2/c1-17(2)10-20(6-5-15(17)19)16(21)7-11-9-22-14-8-12(18)3-4-13(11)14/h3-4,8-9,15H,5-7,10,19H2,1-2H3. The predicted molar refractivity (Wildman–Crippen MR) is 82.8 cm³/mol. The number of piperidine rings is 1. The van der Waals surface area contributed by atoms with Gasteiger partial charge in [-0.25, -0.2) is 4.39 Å². The van der Waals surface area contributed by atoms with E-state index in [-0.39, 0.29) is 29.6 Å². The molecule has 0 bridgehead atoms. The van der Waals surface area contributed by atoms with Gasteiger partial charge in [0, 0.05) is 36.1 Å². The number of nitrogens with zero attached hydrogens (tertiary/aromatic N) is 1. The molecule has 1 fully saturated rings. The SMILES string of the molecule is CC1(C)CN(C(=O)Cc2coc3cc(F)ccc23)CCC1N. The summed E-state index contributed by atoms with van der Waals surface area (Å²) in [6.45, 7) is 5.53. The normalized spacial score (nSPS) is 21.3. The first kappa shape index (κ1) is 15.0. The van der Waals surface area contributed by atoms with Crippen molar-refractivity contribution in [3.05, 3.63) is 35.8 Å². The Morgan fingerprint density at radius 1 is 1.50 bits per heavy atom. The highest BCUT2D eigenvalue weighted by atomic mass is 19.1. The fraction of sp³-hybridized carbons (Fsp3) is 0.471. The van der Waals surface area contributed by atoms with Crippen LogP contribution in [0.5, 0.6) is 0 Å². The molecule has 1 aromatic heterocycles. The second-order valence-corrected chi connectivity index (χ2v) is 6.78. The first-order valence-corrected chi connectivity index (χ1v) is 7.56. The Kier molecular flexibility index (Phi) is 3.68. The summed E-state index contributed by atoms with van der Waals surface area (Å²) >= 11 is 0. The molecule has 0 saturated carbocycles. The monoisotopic (exact) mass is 304 g/mol. The minimum absolute atomic E-state index is 0.0620. The highest BCUT2D eigenvalue weighted by Gasteiger charge is 2.35. The molecule has 1 aliphatic heterocycles. The molecule has 1 aliphatic rings. The van der Waals surface area contributed by atoms with Crippen LogP contribution < -0.4 is 5.73 Å². The Morgan fingerprint density at radius 3 is 3.00 bits per heavy atom. The van der Waals surface area contributed by atoms with E-state index >= 15 is 0 Å². The number of likely N-dealkylation sites (tertiary alicyclic amines) is 1. The quantitative estimate of drug-likeness (QED) is 0.928. The summed E-state index contributed by atoms with van der Waals surface area (Å²) in [6.07, 6.45) is 2.63. The van der Waals surface area contributed by atoms with Crippen LogP contribution in [0.25, 0.3) is 11.0 Å². The van der Waals surface area contributed by atoms with Crippen molar-refractivity contribution in [2.75, 3.05) is 13.1 Å². The zero-order chi connectivity index (χ0) is 15.9. The Bertz CT molecular complexity index is 708. The van der Waals surface area contributed by atoms with Crippen molar-refractivity contribution >= 4 is 16.9 Å².